The monoisotopic (exact) mass is 261 g/mol. The zero-order valence-corrected chi connectivity index (χ0v) is 11.5. The summed E-state index contributed by atoms with van der Waals surface area (Å²) in [5.41, 5.74) is 2.86. The molecule has 4 heteroatoms. The highest BCUT2D eigenvalue weighted by Crippen LogP contribution is 2.26. The minimum atomic E-state index is -0.817. The number of likely N-dealkylation sites (tertiary alicyclic amines) is 1. The maximum atomic E-state index is 12.4. The Kier molecular flexibility index (Phi) is 3.60. The van der Waals surface area contributed by atoms with Gasteiger partial charge in [-0.05, 0) is 50.5 Å². The van der Waals surface area contributed by atoms with Crippen molar-refractivity contribution in [2.75, 3.05) is 6.54 Å². The van der Waals surface area contributed by atoms with E-state index in [2.05, 4.69) is 0 Å². The molecule has 102 valence electrons. The molecule has 19 heavy (non-hydrogen) atoms. The van der Waals surface area contributed by atoms with Crippen molar-refractivity contribution in [3.8, 4) is 0 Å². The number of rotatable bonds is 2. The van der Waals surface area contributed by atoms with Crippen molar-refractivity contribution >= 4 is 11.9 Å². The van der Waals surface area contributed by atoms with Crippen molar-refractivity contribution in [3.05, 3.63) is 34.9 Å². The minimum absolute atomic E-state index is 0.0700. The number of aliphatic carboxylic acids is 1. The first-order valence-electron chi connectivity index (χ1n) is 6.53. The number of carbonyl (C=O) groups is 2. The molecule has 0 spiro atoms. The highest BCUT2D eigenvalue weighted by Gasteiger charge is 2.38. The molecule has 4 nitrogen and oxygen atoms in total. The first kappa shape index (κ1) is 13.6. The third kappa shape index (κ3) is 2.48. The topological polar surface area (TPSA) is 57.6 Å². The molecule has 0 saturated carbocycles. The van der Waals surface area contributed by atoms with Crippen LogP contribution in [0.15, 0.2) is 18.2 Å². The molecule has 1 saturated heterocycles. The molecule has 1 aliphatic rings. The van der Waals surface area contributed by atoms with Crippen LogP contribution in [0.1, 0.15) is 34.8 Å². The van der Waals surface area contributed by atoms with E-state index in [0.717, 1.165) is 11.1 Å². The maximum absolute atomic E-state index is 12.4. The number of hydrogen-bond acceptors (Lipinski definition) is 2. The summed E-state index contributed by atoms with van der Waals surface area (Å²) in [7, 11) is 0. The van der Waals surface area contributed by atoms with Gasteiger partial charge in [0.05, 0.1) is 5.92 Å². The number of carboxylic acid groups (broad SMARTS) is 1. The van der Waals surface area contributed by atoms with Gasteiger partial charge in [0.1, 0.15) is 0 Å². The molecule has 1 N–H and O–H groups in total. The molecule has 1 fully saturated rings. The van der Waals surface area contributed by atoms with Gasteiger partial charge in [-0.15, -0.1) is 0 Å². The second-order valence-corrected chi connectivity index (χ2v) is 5.27. The second kappa shape index (κ2) is 5.03. The first-order valence-corrected chi connectivity index (χ1v) is 6.53. The fourth-order valence-corrected chi connectivity index (χ4v) is 2.60. The van der Waals surface area contributed by atoms with Gasteiger partial charge in [-0.3, -0.25) is 9.59 Å². The summed E-state index contributed by atoms with van der Waals surface area (Å²) in [6, 6.07) is 5.37. The molecule has 1 aromatic carbocycles. The summed E-state index contributed by atoms with van der Waals surface area (Å²) in [5, 5.41) is 9.10. The molecule has 2 unspecified atom stereocenters. The van der Waals surface area contributed by atoms with Crippen LogP contribution < -0.4 is 0 Å². The third-order valence-corrected chi connectivity index (χ3v) is 4.09. The quantitative estimate of drug-likeness (QED) is 0.888. The molecule has 1 aliphatic heterocycles. The van der Waals surface area contributed by atoms with E-state index >= 15 is 0 Å². The summed E-state index contributed by atoms with van der Waals surface area (Å²) < 4.78 is 0. The lowest BCUT2D eigenvalue weighted by atomic mass is 10.0. The standard InChI is InChI=1S/C15H19NO3/c1-9-4-5-12(8-10(9)2)14(17)16-7-6-13(11(16)3)15(18)19/h4-5,8,11,13H,6-7H2,1-3H3,(H,18,19). The Bertz CT molecular complexity index is 524. The maximum Gasteiger partial charge on any atom is 0.308 e. The van der Waals surface area contributed by atoms with Crippen LogP contribution in [0.2, 0.25) is 0 Å². The van der Waals surface area contributed by atoms with Crippen molar-refractivity contribution in [1.29, 1.82) is 0 Å². The summed E-state index contributed by atoms with van der Waals surface area (Å²) in [6.07, 6.45) is 0.535. The molecule has 0 aliphatic carbocycles. The van der Waals surface area contributed by atoms with E-state index in [1.54, 1.807) is 4.90 Å². The van der Waals surface area contributed by atoms with Gasteiger partial charge in [-0.25, -0.2) is 0 Å². The predicted octanol–water partition coefficient (Wildman–Crippen LogP) is 2.24. The Morgan fingerprint density at radius 1 is 1.26 bits per heavy atom. The molecule has 0 aromatic heterocycles. The van der Waals surface area contributed by atoms with Crippen molar-refractivity contribution in [2.45, 2.75) is 33.2 Å². The molecule has 0 bridgehead atoms. The van der Waals surface area contributed by atoms with Crippen LogP contribution in [0.5, 0.6) is 0 Å². The lowest BCUT2D eigenvalue weighted by Gasteiger charge is -2.23. The molecule has 2 rings (SSSR count). The SMILES string of the molecule is Cc1ccc(C(=O)N2CCC(C(=O)O)C2C)cc1C. The average molecular weight is 261 g/mol. The predicted molar refractivity (Wildman–Crippen MR) is 72.2 cm³/mol. The molecule has 1 heterocycles. The van der Waals surface area contributed by atoms with Crippen molar-refractivity contribution in [1.82, 2.24) is 4.90 Å². The van der Waals surface area contributed by atoms with Gasteiger partial charge >= 0.3 is 5.97 Å². The summed E-state index contributed by atoms with van der Waals surface area (Å²) in [4.78, 5) is 25.2. The Hall–Kier alpha value is -1.84. The summed E-state index contributed by atoms with van der Waals surface area (Å²) in [6.45, 7) is 6.30. The minimum Gasteiger partial charge on any atom is -0.481 e. The van der Waals surface area contributed by atoms with Crippen LogP contribution in [0.4, 0.5) is 0 Å². The van der Waals surface area contributed by atoms with Gasteiger partial charge in [-0.2, -0.15) is 0 Å². The number of carbonyl (C=O) groups excluding carboxylic acids is 1. The van der Waals surface area contributed by atoms with E-state index < -0.39 is 11.9 Å². The van der Waals surface area contributed by atoms with Gasteiger partial charge in [0, 0.05) is 18.2 Å². The number of benzene rings is 1. The normalized spacial score (nSPS) is 22.6. The molecular weight excluding hydrogens is 242 g/mol. The number of carboxylic acids is 1. The lowest BCUT2D eigenvalue weighted by Crippen LogP contribution is -2.37. The van der Waals surface area contributed by atoms with E-state index in [1.165, 1.54) is 0 Å². The van der Waals surface area contributed by atoms with Gasteiger partial charge < -0.3 is 10.0 Å². The average Bonchev–Trinajstić information content (AvgIpc) is 2.74. The summed E-state index contributed by atoms with van der Waals surface area (Å²) >= 11 is 0. The number of hydrogen-bond donors (Lipinski definition) is 1. The summed E-state index contributed by atoms with van der Waals surface area (Å²) in [5.74, 6) is -1.34. The van der Waals surface area contributed by atoms with Gasteiger partial charge in [0.15, 0.2) is 0 Å². The zero-order valence-electron chi connectivity index (χ0n) is 11.5. The van der Waals surface area contributed by atoms with Crippen LogP contribution in [0.25, 0.3) is 0 Å². The van der Waals surface area contributed by atoms with Crippen LogP contribution in [-0.4, -0.2) is 34.5 Å². The molecule has 1 amide bonds. The van der Waals surface area contributed by atoms with E-state index in [-0.39, 0.29) is 11.9 Å². The third-order valence-electron chi connectivity index (χ3n) is 4.09. The number of nitrogens with zero attached hydrogens (tertiary/aromatic N) is 1. The van der Waals surface area contributed by atoms with Crippen LogP contribution >= 0.6 is 0 Å². The number of amides is 1. The first-order chi connectivity index (χ1) is 8.91. The fourth-order valence-electron chi connectivity index (χ4n) is 2.60. The smallest absolute Gasteiger partial charge is 0.308 e. The van der Waals surface area contributed by atoms with Crippen molar-refractivity contribution < 1.29 is 14.7 Å². The molecule has 0 radical (unpaired) electrons. The Balaban J connectivity index is 2.21. The van der Waals surface area contributed by atoms with Crippen LogP contribution in [0.3, 0.4) is 0 Å². The number of aryl methyl sites for hydroxylation is 2. The van der Waals surface area contributed by atoms with E-state index in [4.69, 9.17) is 5.11 Å². The second-order valence-electron chi connectivity index (χ2n) is 5.27. The Labute approximate surface area is 113 Å². The van der Waals surface area contributed by atoms with Crippen LogP contribution in [-0.2, 0) is 4.79 Å². The highest BCUT2D eigenvalue weighted by molar-refractivity contribution is 5.95. The van der Waals surface area contributed by atoms with Gasteiger partial charge in [0.25, 0.3) is 5.91 Å². The zero-order chi connectivity index (χ0) is 14.2. The van der Waals surface area contributed by atoms with Crippen LogP contribution in [0, 0.1) is 19.8 Å². The van der Waals surface area contributed by atoms with E-state index in [0.29, 0.717) is 18.5 Å². The van der Waals surface area contributed by atoms with Crippen molar-refractivity contribution in [3.63, 3.8) is 0 Å². The largest absolute Gasteiger partial charge is 0.481 e. The van der Waals surface area contributed by atoms with Crippen molar-refractivity contribution in [2.24, 2.45) is 5.92 Å². The molecular formula is C15H19NO3. The Morgan fingerprint density at radius 2 is 1.95 bits per heavy atom. The van der Waals surface area contributed by atoms with Gasteiger partial charge in [0.2, 0.25) is 0 Å². The highest BCUT2D eigenvalue weighted by atomic mass is 16.4. The van der Waals surface area contributed by atoms with Gasteiger partial charge in [-0.1, -0.05) is 6.07 Å². The van der Waals surface area contributed by atoms with E-state index in [9.17, 15) is 9.59 Å². The molecule has 2 atom stereocenters. The van der Waals surface area contributed by atoms with E-state index in [1.807, 2.05) is 39.0 Å². The fraction of sp³-hybridized carbons (Fsp3) is 0.467. The lowest BCUT2D eigenvalue weighted by molar-refractivity contribution is -0.142. The molecule has 1 aromatic rings. The Morgan fingerprint density at radius 3 is 2.47 bits per heavy atom.